The first kappa shape index (κ1) is 5.53. The number of hydrogen-bond donors (Lipinski definition) is 0. The van der Waals surface area contributed by atoms with E-state index in [-0.39, 0.29) is 5.92 Å². The molecule has 3 rings (SSSR count). The summed E-state index contributed by atoms with van der Waals surface area (Å²) in [6.45, 7) is 0. The van der Waals surface area contributed by atoms with E-state index in [0.717, 1.165) is 12.8 Å². The zero-order valence-electron chi connectivity index (χ0n) is 6.13. The van der Waals surface area contributed by atoms with Gasteiger partial charge in [-0.05, 0) is 35.6 Å². The van der Waals surface area contributed by atoms with Gasteiger partial charge in [-0.25, -0.2) is 0 Å². The van der Waals surface area contributed by atoms with Crippen LogP contribution in [0, 0.1) is 5.92 Å². The molecular formula is C10H8O. The lowest BCUT2D eigenvalue weighted by Gasteiger charge is -2.06. The fourth-order valence-electron chi connectivity index (χ4n) is 2.30. The van der Waals surface area contributed by atoms with Gasteiger partial charge in [0.05, 0.1) is 0 Å². The Morgan fingerprint density at radius 3 is 3.27 bits per heavy atom. The topological polar surface area (TPSA) is 17.1 Å². The molecule has 3 aliphatic carbocycles. The summed E-state index contributed by atoms with van der Waals surface area (Å²) in [4.78, 5) is 11.2. The summed E-state index contributed by atoms with van der Waals surface area (Å²) < 4.78 is 0. The van der Waals surface area contributed by atoms with E-state index >= 15 is 0 Å². The molecular weight excluding hydrogens is 136 g/mol. The number of rotatable bonds is 0. The van der Waals surface area contributed by atoms with E-state index in [4.69, 9.17) is 0 Å². The number of allylic oxidation sites excluding steroid dienone is 6. The van der Waals surface area contributed by atoms with Gasteiger partial charge >= 0.3 is 0 Å². The predicted molar refractivity (Wildman–Crippen MR) is 42.0 cm³/mol. The van der Waals surface area contributed by atoms with Crippen LogP contribution in [0.2, 0.25) is 0 Å². The molecule has 0 spiro atoms. The lowest BCUT2D eigenvalue weighted by molar-refractivity contribution is -0.116. The van der Waals surface area contributed by atoms with Crippen LogP contribution in [0.1, 0.15) is 12.8 Å². The summed E-state index contributed by atoms with van der Waals surface area (Å²) in [6, 6.07) is 0. The van der Waals surface area contributed by atoms with Crippen LogP contribution in [-0.4, -0.2) is 5.78 Å². The third-order valence-electron chi connectivity index (χ3n) is 2.82. The molecule has 11 heavy (non-hydrogen) atoms. The van der Waals surface area contributed by atoms with Crippen molar-refractivity contribution < 1.29 is 4.79 Å². The third kappa shape index (κ3) is 0.506. The molecule has 1 heteroatoms. The lowest BCUT2D eigenvalue weighted by Crippen LogP contribution is -2.08. The summed E-state index contributed by atoms with van der Waals surface area (Å²) in [5, 5.41) is 0. The van der Waals surface area contributed by atoms with E-state index in [1.807, 2.05) is 6.08 Å². The van der Waals surface area contributed by atoms with Gasteiger partial charge in [-0.1, -0.05) is 12.2 Å². The highest BCUT2D eigenvalue weighted by atomic mass is 16.1. The van der Waals surface area contributed by atoms with E-state index in [1.54, 1.807) is 0 Å². The normalized spacial score (nSPS) is 31.8. The SMILES string of the molecule is O=C1C=C2CC1C1=C2C=CC1. The highest BCUT2D eigenvalue weighted by Gasteiger charge is 2.38. The van der Waals surface area contributed by atoms with Gasteiger partial charge in [0.25, 0.3) is 0 Å². The van der Waals surface area contributed by atoms with Crippen molar-refractivity contribution in [1.29, 1.82) is 0 Å². The first-order valence-corrected chi connectivity index (χ1v) is 4.00. The van der Waals surface area contributed by atoms with Crippen LogP contribution in [0.25, 0.3) is 0 Å². The number of hydrogen-bond acceptors (Lipinski definition) is 1. The van der Waals surface area contributed by atoms with Crippen LogP contribution < -0.4 is 0 Å². The molecule has 0 aliphatic heterocycles. The molecule has 0 N–H and O–H groups in total. The van der Waals surface area contributed by atoms with Gasteiger partial charge in [-0.2, -0.15) is 0 Å². The smallest absolute Gasteiger partial charge is 0.163 e. The number of carbonyl (C=O) groups is 1. The molecule has 0 fully saturated rings. The zero-order chi connectivity index (χ0) is 7.42. The van der Waals surface area contributed by atoms with Crippen molar-refractivity contribution in [2.75, 3.05) is 0 Å². The fraction of sp³-hybridized carbons (Fsp3) is 0.300. The van der Waals surface area contributed by atoms with Gasteiger partial charge in [0, 0.05) is 5.92 Å². The van der Waals surface area contributed by atoms with Gasteiger partial charge in [-0.15, -0.1) is 0 Å². The van der Waals surface area contributed by atoms with Gasteiger partial charge in [0.1, 0.15) is 0 Å². The van der Waals surface area contributed by atoms with Crippen molar-refractivity contribution >= 4 is 5.78 Å². The average Bonchev–Trinajstić information content (AvgIpc) is 2.52. The lowest BCUT2D eigenvalue weighted by atomic mass is 9.96. The molecule has 3 aliphatic rings. The average molecular weight is 144 g/mol. The van der Waals surface area contributed by atoms with E-state index in [1.165, 1.54) is 16.7 Å². The van der Waals surface area contributed by atoms with E-state index in [2.05, 4.69) is 12.2 Å². The zero-order valence-corrected chi connectivity index (χ0v) is 6.13. The minimum atomic E-state index is 0.245. The maximum absolute atomic E-state index is 11.2. The van der Waals surface area contributed by atoms with Gasteiger partial charge in [-0.3, -0.25) is 4.79 Å². The predicted octanol–water partition coefficient (Wildman–Crippen LogP) is 1.77. The second-order valence-corrected chi connectivity index (χ2v) is 3.37. The second kappa shape index (κ2) is 1.55. The molecule has 1 atom stereocenters. The second-order valence-electron chi connectivity index (χ2n) is 3.37. The number of ketones is 1. The van der Waals surface area contributed by atoms with Crippen LogP contribution >= 0.6 is 0 Å². The van der Waals surface area contributed by atoms with E-state index < -0.39 is 0 Å². The quantitative estimate of drug-likeness (QED) is 0.506. The monoisotopic (exact) mass is 144 g/mol. The van der Waals surface area contributed by atoms with Crippen molar-refractivity contribution in [3.8, 4) is 0 Å². The molecule has 0 aromatic carbocycles. The Hall–Kier alpha value is -1.11. The Balaban J connectivity index is 2.22. The van der Waals surface area contributed by atoms with Gasteiger partial charge in [0.15, 0.2) is 5.78 Å². The molecule has 0 saturated heterocycles. The summed E-state index contributed by atoms with van der Waals surface area (Å²) in [5.74, 6) is 0.581. The van der Waals surface area contributed by atoms with Crippen LogP contribution in [0.5, 0.6) is 0 Å². The van der Waals surface area contributed by atoms with Crippen molar-refractivity contribution in [3.05, 3.63) is 34.9 Å². The van der Waals surface area contributed by atoms with Crippen molar-refractivity contribution in [2.24, 2.45) is 5.92 Å². The molecule has 0 aromatic rings. The first-order valence-electron chi connectivity index (χ1n) is 4.00. The van der Waals surface area contributed by atoms with Crippen LogP contribution in [-0.2, 0) is 4.79 Å². The van der Waals surface area contributed by atoms with Crippen LogP contribution in [0.4, 0.5) is 0 Å². The van der Waals surface area contributed by atoms with E-state index in [9.17, 15) is 4.79 Å². The third-order valence-corrected chi connectivity index (χ3v) is 2.82. The molecule has 1 unspecified atom stereocenters. The molecule has 54 valence electrons. The molecule has 0 amide bonds. The molecule has 2 bridgehead atoms. The summed E-state index contributed by atoms with van der Waals surface area (Å²) in [7, 11) is 0. The maximum atomic E-state index is 11.2. The molecule has 1 nitrogen and oxygen atoms in total. The van der Waals surface area contributed by atoms with Crippen LogP contribution in [0.15, 0.2) is 34.9 Å². The highest BCUT2D eigenvalue weighted by molar-refractivity contribution is 6.01. The molecule has 0 saturated carbocycles. The Kier molecular flexibility index (Phi) is 0.780. The summed E-state index contributed by atoms with van der Waals surface area (Å²) in [5.41, 5.74) is 4.03. The molecule has 0 heterocycles. The Labute approximate surface area is 65.1 Å². The number of carbonyl (C=O) groups excluding carboxylic acids is 1. The minimum Gasteiger partial charge on any atom is -0.294 e. The summed E-state index contributed by atoms with van der Waals surface area (Å²) in [6.07, 6.45) is 8.15. The Morgan fingerprint density at radius 1 is 1.45 bits per heavy atom. The largest absolute Gasteiger partial charge is 0.294 e. The van der Waals surface area contributed by atoms with Crippen molar-refractivity contribution in [2.45, 2.75) is 12.8 Å². The number of fused-ring (bicyclic) bond motifs is 4. The molecule has 0 radical (unpaired) electrons. The first-order chi connectivity index (χ1) is 5.36. The highest BCUT2D eigenvalue weighted by Crippen LogP contribution is 2.46. The molecule has 0 aromatic heterocycles. The van der Waals surface area contributed by atoms with Gasteiger partial charge < -0.3 is 0 Å². The van der Waals surface area contributed by atoms with Crippen molar-refractivity contribution in [1.82, 2.24) is 0 Å². The van der Waals surface area contributed by atoms with Gasteiger partial charge in [0.2, 0.25) is 0 Å². The standard InChI is InChI=1S/C10H8O/c11-10-5-6-4-9(10)8-3-1-2-7(6)8/h1-2,5,9H,3-4H2. The maximum Gasteiger partial charge on any atom is 0.163 e. The van der Waals surface area contributed by atoms with Crippen LogP contribution in [0.3, 0.4) is 0 Å². The minimum absolute atomic E-state index is 0.245. The van der Waals surface area contributed by atoms with E-state index in [0.29, 0.717) is 5.78 Å². The van der Waals surface area contributed by atoms with Crippen molar-refractivity contribution in [3.63, 3.8) is 0 Å². The fourth-order valence-corrected chi connectivity index (χ4v) is 2.30. The Morgan fingerprint density at radius 2 is 2.36 bits per heavy atom. The summed E-state index contributed by atoms with van der Waals surface area (Å²) >= 11 is 0. The Bertz CT molecular complexity index is 342.